The van der Waals surface area contributed by atoms with Crippen molar-refractivity contribution in [3.63, 3.8) is 0 Å². The Hall–Kier alpha value is -3.25. The van der Waals surface area contributed by atoms with E-state index in [0.717, 1.165) is 41.5 Å². The van der Waals surface area contributed by atoms with Crippen molar-refractivity contribution in [3.8, 4) is 5.75 Å². The second-order valence-electron chi connectivity index (χ2n) is 8.23. The normalized spacial score (nSPS) is 13.3. The molecule has 1 aromatic heterocycles. The van der Waals surface area contributed by atoms with Gasteiger partial charge in [-0.2, -0.15) is 0 Å². The molecule has 1 heterocycles. The third-order valence-corrected chi connectivity index (χ3v) is 6.30. The molecule has 0 unspecified atom stereocenters. The van der Waals surface area contributed by atoms with Crippen molar-refractivity contribution >= 4 is 28.7 Å². The Labute approximate surface area is 208 Å². The Bertz CT molecular complexity index is 1270. The molecule has 0 radical (unpaired) electrons. The standard InChI is InChI=1S/C28H26ClF2NO3/c1-3-26-22(28(33)34-4-2)13-17(15-32-26)19-7-5-8-20(19)21-14-18(29)11-12-27(21)35-16-23-24(30)9-6-10-25(23)31/h6,9-15H,3-5,7-8,16H2,1-2H3. The van der Waals surface area contributed by atoms with Gasteiger partial charge >= 0.3 is 5.97 Å². The smallest absolute Gasteiger partial charge is 0.339 e. The van der Waals surface area contributed by atoms with E-state index in [1.54, 1.807) is 31.3 Å². The largest absolute Gasteiger partial charge is 0.488 e. The third-order valence-electron chi connectivity index (χ3n) is 6.07. The molecule has 1 aliphatic rings. The fourth-order valence-electron chi connectivity index (χ4n) is 4.37. The molecule has 0 saturated carbocycles. The van der Waals surface area contributed by atoms with Crippen LogP contribution in [0.2, 0.25) is 5.02 Å². The lowest BCUT2D eigenvalue weighted by atomic mass is 9.96. The predicted molar refractivity (Wildman–Crippen MR) is 132 cm³/mol. The van der Waals surface area contributed by atoms with Gasteiger partial charge in [-0.05, 0) is 85.7 Å². The molecule has 2 aromatic carbocycles. The lowest BCUT2D eigenvalue weighted by molar-refractivity contribution is 0.0524. The summed E-state index contributed by atoms with van der Waals surface area (Å²) in [6, 6.07) is 10.8. The van der Waals surface area contributed by atoms with E-state index >= 15 is 0 Å². The average molecular weight is 498 g/mol. The van der Waals surface area contributed by atoms with Gasteiger partial charge in [0.25, 0.3) is 0 Å². The zero-order valence-electron chi connectivity index (χ0n) is 19.7. The van der Waals surface area contributed by atoms with Crippen LogP contribution in [0.15, 0.2) is 48.7 Å². The van der Waals surface area contributed by atoms with E-state index in [4.69, 9.17) is 21.1 Å². The first kappa shape index (κ1) is 24.9. The lowest BCUT2D eigenvalue weighted by Crippen LogP contribution is -2.10. The molecule has 182 valence electrons. The molecule has 4 rings (SSSR count). The number of allylic oxidation sites excluding steroid dienone is 2. The number of hydrogen-bond donors (Lipinski definition) is 0. The maximum atomic E-state index is 14.1. The molecule has 0 amide bonds. The van der Waals surface area contributed by atoms with E-state index < -0.39 is 17.6 Å². The minimum absolute atomic E-state index is 0.132. The molecular formula is C28H26ClF2NO3. The van der Waals surface area contributed by atoms with Gasteiger partial charge in [0.05, 0.1) is 23.4 Å². The summed E-state index contributed by atoms with van der Waals surface area (Å²) in [7, 11) is 0. The number of esters is 1. The van der Waals surface area contributed by atoms with E-state index in [2.05, 4.69) is 4.98 Å². The molecular weight excluding hydrogens is 472 g/mol. The van der Waals surface area contributed by atoms with Gasteiger partial charge in [-0.3, -0.25) is 4.98 Å². The van der Waals surface area contributed by atoms with Crippen LogP contribution in [0.3, 0.4) is 0 Å². The van der Waals surface area contributed by atoms with Crippen molar-refractivity contribution < 1.29 is 23.0 Å². The Morgan fingerprint density at radius 1 is 1.06 bits per heavy atom. The summed E-state index contributed by atoms with van der Waals surface area (Å²) < 4.78 is 39.4. The van der Waals surface area contributed by atoms with Crippen molar-refractivity contribution in [2.75, 3.05) is 6.61 Å². The molecule has 35 heavy (non-hydrogen) atoms. The molecule has 0 bridgehead atoms. The molecule has 0 saturated heterocycles. The van der Waals surface area contributed by atoms with E-state index in [1.165, 1.54) is 18.2 Å². The topological polar surface area (TPSA) is 48.4 Å². The Kier molecular flexibility index (Phi) is 7.81. The Morgan fingerprint density at radius 2 is 1.80 bits per heavy atom. The number of halogens is 3. The van der Waals surface area contributed by atoms with Crippen LogP contribution in [0.25, 0.3) is 11.1 Å². The van der Waals surface area contributed by atoms with Crippen molar-refractivity contribution in [3.05, 3.63) is 93.3 Å². The number of aromatic nitrogens is 1. The fourth-order valence-corrected chi connectivity index (χ4v) is 4.54. The number of carbonyl (C=O) groups excluding carboxylic acids is 1. The minimum atomic E-state index is -0.658. The summed E-state index contributed by atoms with van der Waals surface area (Å²) >= 11 is 6.33. The molecule has 0 atom stereocenters. The Morgan fingerprint density at radius 3 is 2.51 bits per heavy atom. The highest BCUT2D eigenvalue weighted by Gasteiger charge is 2.23. The zero-order valence-corrected chi connectivity index (χ0v) is 20.4. The van der Waals surface area contributed by atoms with Crippen LogP contribution in [0.4, 0.5) is 8.78 Å². The highest BCUT2D eigenvalue weighted by molar-refractivity contribution is 6.30. The van der Waals surface area contributed by atoms with Crippen LogP contribution in [0.5, 0.6) is 5.75 Å². The highest BCUT2D eigenvalue weighted by Crippen LogP contribution is 2.44. The predicted octanol–water partition coefficient (Wildman–Crippen LogP) is 7.43. The number of rotatable bonds is 8. The zero-order chi connectivity index (χ0) is 24.9. The molecule has 0 N–H and O–H groups in total. The summed E-state index contributed by atoms with van der Waals surface area (Å²) in [5.41, 5.74) is 4.66. The first-order valence-electron chi connectivity index (χ1n) is 11.7. The molecule has 4 nitrogen and oxygen atoms in total. The van der Waals surface area contributed by atoms with Crippen LogP contribution in [0.1, 0.15) is 65.9 Å². The quantitative estimate of drug-likeness (QED) is 0.304. The van der Waals surface area contributed by atoms with Gasteiger partial charge in [0.2, 0.25) is 0 Å². The van der Waals surface area contributed by atoms with Gasteiger partial charge in [0, 0.05) is 16.8 Å². The van der Waals surface area contributed by atoms with Crippen molar-refractivity contribution in [2.45, 2.75) is 46.1 Å². The molecule has 0 spiro atoms. The maximum absolute atomic E-state index is 14.1. The SMILES string of the molecule is CCOC(=O)c1cc(C2=C(c3cc(Cl)ccc3OCc3c(F)cccc3F)CCC2)cnc1CC. The first-order valence-corrected chi connectivity index (χ1v) is 12.0. The molecule has 3 aromatic rings. The van der Waals surface area contributed by atoms with Crippen molar-refractivity contribution in [2.24, 2.45) is 0 Å². The van der Waals surface area contributed by atoms with Crippen LogP contribution < -0.4 is 4.74 Å². The van der Waals surface area contributed by atoms with Gasteiger partial charge in [-0.15, -0.1) is 0 Å². The second kappa shape index (κ2) is 11.0. The van der Waals surface area contributed by atoms with Crippen LogP contribution in [-0.2, 0) is 17.8 Å². The van der Waals surface area contributed by atoms with E-state index in [-0.39, 0.29) is 18.8 Å². The Balaban J connectivity index is 1.74. The summed E-state index contributed by atoms with van der Waals surface area (Å²) in [6.07, 6.45) is 4.85. The first-order chi connectivity index (χ1) is 16.9. The number of benzene rings is 2. The molecule has 0 fully saturated rings. The van der Waals surface area contributed by atoms with E-state index in [0.29, 0.717) is 28.5 Å². The van der Waals surface area contributed by atoms with E-state index in [1.807, 2.05) is 13.0 Å². The maximum Gasteiger partial charge on any atom is 0.339 e. The molecule has 0 aliphatic heterocycles. The van der Waals surface area contributed by atoms with Crippen molar-refractivity contribution in [1.29, 1.82) is 0 Å². The lowest BCUT2D eigenvalue weighted by Gasteiger charge is -2.16. The van der Waals surface area contributed by atoms with Crippen LogP contribution >= 0.6 is 11.6 Å². The third kappa shape index (κ3) is 5.38. The molecule has 1 aliphatic carbocycles. The minimum Gasteiger partial charge on any atom is -0.488 e. The number of pyridine rings is 1. The van der Waals surface area contributed by atoms with Crippen molar-refractivity contribution in [1.82, 2.24) is 4.98 Å². The number of nitrogens with zero attached hydrogens (tertiary/aromatic N) is 1. The summed E-state index contributed by atoms with van der Waals surface area (Å²) in [4.78, 5) is 17.1. The van der Waals surface area contributed by atoms with Crippen LogP contribution in [-0.4, -0.2) is 17.6 Å². The second-order valence-corrected chi connectivity index (χ2v) is 8.67. The summed E-state index contributed by atoms with van der Waals surface area (Å²) in [5, 5.41) is 0.523. The summed E-state index contributed by atoms with van der Waals surface area (Å²) in [6.45, 7) is 3.74. The van der Waals surface area contributed by atoms with Gasteiger partial charge in [0.15, 0.2) is 0 Å². The number of hydrogen-bond acceptors (Lipinski definition) is 4. The highest BCUT2D eigenvalue weighted by atomic mass is 35.5. The van der Waals surface area contributed by atoms with Gasteiger partial charge in [0.1, 0.15) is 24.0 Å². The van der Waals surface area contributed by atoms with Gasteiger partial charge < -0.3 is 9.47 Å². The monoisotopic (exact) mass is 497 g/mol. The van der Waals surface area contributed by atoms with Gasteiger partial charge in [-0.25, -0.2) is 13.6 Å². The summed E-state index contributed by atoms with van der Waals surface area (Å²) in [5.74, 6) is -1.22. The molecule has 7 heteroatoms. The number of ether oxygens (including phenoxy) is 2. The van der Waals surface area contributed by atoms with Gasteiger partial charge in [-0.1, -0.05) is 24.6 Å². The fraction of sp³-hybridized carbons (Fsp3) is 0.286. The number of carbonyl (C=O) groups is 1. The number of aryl methyl sites for hydroxylation is 1. The van der Waals surface area contributed by atoms with Crippen LogP contribution in [0, 0.1) is 11.6 Å². The average Bonchev–Trinajstić information content (AvgIpc) is 3.34. The van der Waals surface area contributed by atoms with E-state index in [9.17, 15) is 13.6 Å².